The molecule has 1 atom stereocenters. The van der Waals surface area contributed by atoms with Crippen LogP contribution >= 0.6 is 0 Å². The lowest BCUT2D eigenvalue weighted by atomic mass is 9.61. The van der Waals surface area contributed by atoms with E-state index >= 15 is 0 Å². The molecule has 3 aliphatic rings. The molecule has 0 N–H and O–H groups in total. The largest absolute Gasteiger partial charge is 0.456 e. The van der Waals surface area contributed by atoms with Gasteiger partial charge in [-0.2, -0.15) is 0 Å². The molecule has 0 aliphatic heterocycles. The quantitative estimate of drug-likeness (QED) is 0.316. The number of furan rings is 2. The van der Waals surface area contributed by atoms with Gasteiger partial charge in [-0.15, -0.1) is 0 Å². The highest BCUT2D eigenvalue weighted by molar-refractivity contribution is 5.93. The van der Waals surface area contributed by atoms with E-state index in [1.54, 1.807) is 0 Å². The van der Waals surface area contributed by atoms with Gasteiger partial charge in [0.2, 0.25) is 0 Å². The zero-order valence-corrected chi connectivity index (χ0v) is 20.8. The summed E-state index contributed by atoms with van der Waals surface area (Å²) in [5.41, 5.74) is 12.3. The molecule has 2 nitrogen and oxygen atoms in total. The van der Waals surface area contributed by atoms with Gasteiger partial charge in [0.25, 0.3) is 0 Å². The summed E-state index contributed by atoms with van der Waals surface area (Å²) in [6.45, 7) is 11.2. The fraction of sp³-hybridized carbons (Fsp3) is 0.212. The first-order chi connectivity index (χ1) is 16.8. The number of fused-ring (bicyclic) bond motifs is 5. The summed E-state index contributed by atoms with van der Waals surface area (Å²) >= 11 is 0. The van der Waals surface area contributed by atoms with Gasteiger partial charge in [0.1, 0.15) is 22.7 Å². The van der Waals surface area contributed by atoms with E-state index in [1.165, 1.54) is 44.2 Å². The number of aryl methyl sites for hydroxylation is 2. The van der Waals surface area contributed by atoms with Gasteiger partial charge in [-0.1, -0.05) is 73.5 Å². The number of hydrogen-bond donors (Lipinski definition) is 0. The Kier molecular flexibility index (Phi) is 4.05. The molecule has 0 bridgehead atoms. The van der Waals surface area contributed by atoms with Crippen molar-refractivity contribution in [3.05, 3.63) is 110 Å². The van der Waals surface area contributed by atoms with Gasteiger partial charge in [0, 0.05) is 33.2 Å². The van der Waals surface area contributed by atoms with Gasteiger partial charge >= 0.3 is 0 Å². The highest BCUT2D eigenvalue weighted by Crippen LogP contribution is 2.60. The highest BCUT2D eigenvalue weighted by Gasteiger charge is 2.48. The number of benzene rings is 2. The lowest BCUT2D eigenvalue weighted by Gasteiger charge is -2.41. The molecule has 0 amide bonds. The molecule has 1 unspecified atom stereocenters. The summed E-state index contributed by atoms with van der Waals surface area (Å²) in [5, 5.41) is 1.23. The molecule has 4 aromatic rings. The van der Waals surface area contributed by atoms with E-state index in [-0.39, 0.29) is 11.3 Å². The fourth-order valence-corrected chi connectivity index (χ4v) is 6.32. The lowest BCUT2D eigenvalue weighted by molar-refractivity contribution is 0.426. The van der Waals surface area contributed by atoms with Crippen LogP contribution in [0.3, 0.4) is 0 Å². The summed E-state index contributed by atoms with van der Waals surface area (Å²) in [6.07, 6.45) is 4.51. The molecule has 7 rings (SSSR count). The molecule has 0 fully saturated rings. The number of rotatable bonds is 2. The van der Waals surface area contributed by atoms with Gasteiger partial charge in [0.15, 0.2) is 0 Å². The second-order valence-corrected chi connectivity index (χ2v) is 10.9. The predicted molar refractivity (Wildman–Crippen MR) is 142 cm³/mol. The number of hydrogen-bond acceptors (Lipinski definition) is 2. The molecule has 0 saturated heterocycles. The van der Waals surface area contributed by atoms with Crippen molar-refractivity contribution >= 4 is 17.7 Å². The first-order valence-corrected chi connectivity index (χ1v) is 12.4. The number of allylic oxidation sites excluding steroid dienone is 3. The van der Waals surface area contributed by atoms with Crippen molar-refractivity contribution < 1.29 is 8.83 Å². The average molecular weight is 457 g/mol. The van der Waals surface area contributed by atoms with Crippen LogP contribution in [-0.4, -0.2) is 0 Å². The molecular formula is C33H28O2. The summed E-state index contributed by atoms with van der Waals surface area (Å²) in [5.74, 6) is 3.14. The van der Waals surface area contributed by atoms with E-state index in [1.807, 2.05) is 0 Å². The molecule has 0 radical (unpaired) electrons. The lowest BCUT2D eigenvalue weighted by Crippen LogP contribution is -2.33. The van der Waals surface area contributed by atoms with Crippen LogP contribution in [0.1, 0.15) is 49.1 Å². The van der Waals surface area contributed by atoms with E-state index in [4.69, 9.17) is 8.83 Å². The molecule has 35 heavy (non-hydrogen) atoms. The summed E-state index contributed by atoms with van der Waals surface area (Å²) in [4.78, 5) is 0. The Morgan fingerprint density at radius 3 is 1.94 bits per heavy atom. The van der Waals surface area contributed by atoms with Crippen LogP contribution in [0, 0.1) is 19.3 Å². The van der Waals surface area contributed by atoms with E-state index in [0.29, 0.717) is 0 Å². The second kappa shape index (κ2) is 6.88. The molecule has 0 saturated carbocycles. The molecular weight excluding hydrogens is 428 g/mol. The minimum Gasteiger partial charge on any atom is -0.456 e. The zero-order valence-electron chi connectivity index (χ0n) is 20.8. The Balaban J connectivity index is 1.39. The van der Waals surface area contributed by atoms with Gasteiger partial charge < -0.3 is 8.83 Å². The van der Waals surface area contributed by atoms with E-state index in [2.05, 4.69) is 107 Å². The Morgan fingerprint density at radius 2 is 1.31 bits per heavy atom. The average Bonchev–Trinajstić information content (AvgIpc) is 3.56. The topological polar surface area (TPSA) is 26.3 Å². The fourth-order valence-electron chi connectivity index (χ4n) is 6.32. The third-order valence-corrected chi connectivity index (χ3v) is 8.15. The maximum absolute atomic E-state index is 6.41. The smallest absolute Gasteiger partial charge is 0.135 e. The van der Waals surface area contributed by atoms with Crippen molar-refractivity contribution in [3.8, 4) is 22.6 Å². The van der Waals surface area contributed by atoms with Gasteiger partial charge in [-0.05, 0) is 67.3 Å². The normalized spacial score (nSPS) is 19.2. The standard InChI is InChI=1S/C33H28O2/c1-18-6-10-21(11-7-18)27-16-25-29(34-27)14-23-20(3)24-15-30-26(32(24)33(4,5)31(23)25)17-28(35-30)22-12-8-19(2)9-13-22/h6-17,31H,1-5H3. The van der Waals surface area contributed by atoms with Crippen LogP contribution in [0.4, 0.5) is 0 Å². The van der Waals surface area contributed by atoms with Gasteiger partial charge in [-0.3, -0.25) is 0 Å². The third kappa shape index (κ3) is 2.83. The minimum atomic E-state index is -0.101. The Labute approximate surface area is 205 Å². The zero-order chi connectivity index (χ0) is 24.1. The van der Waals surface area contributed by atoms with E-state index in [0.717, 1.165) is 33.8 Å². The van der Waals surface area contributed by atoms with Crippen molar-refractivity contribution in [2.75, 3.05) is 0 Å². The molecule has 3 aliphatic carbocycles. The maximum Gasteiger partial charge on any atom is 0.135 e. The molecule has 2 heterocycles. The minimum absolute atomic E-state index is 0.101. The SMILES string of the molecule is CC1=C2C=c3oc(-c4ccc(C)cc4)cc3=C2C(C)(C)C2C1=Cc1oc(-c3ccc(C)cc3)cc12. The monoisotopic (exact) mass is 456 g/mol. The predicted octanol–water partition coefficient (Wildman–Crippen LogP) is 7.31. The van der Waals surface area contributed by atoms with Crippen LogP contribution in [0.2, 0.25) is 0 Å². The molecule has 2 aromatic carbocycles. The Bertz CT molecular complexity index is 1710. The highest BCUT2D eigenvalue weighted by atomic mass is 16.3. The first kappa shape index (κ1) is 20.6. The first-order valence-electron chi connectivity index (χ1n) is 12.4. The van der Waals surface area contributed by atoms with Gasteiger partial charge in [-0.25, -0.2) is 0 Å². The Hall–Kier alpha value is -3.78. The van der Waals surface area contributed by atoms with Crippen LogP contribution in [0.5, 0.6) is 0 Å². The van der Waals surface area contributed by atoms with Gasteiger partial charge in [0.05, 0.1) is 0 Å². The van der Waals surface area contributed by atoms with Crippen molar-refractivity contribution in [2.24, 2.45) is 5.41 Å². The summed E-state index contributed by atoms with van der Waals surface area (Å²) in [6, 6.07) is 21.7. The molecule has 172 valence electrons. The van der Waals surface area contributed by atoms with Crippen molar-refractivity contribution in [1.29, 1.82) is 0 Å². The Morgan fingerprint density at radius 1 is 0.714 bits per heavy atom. The van der Waals surface area contributed by atoms with Crippen LogP contribution < -0.4 is 10.6 Å². The molecule has 2 aromatic heterocycles. The molecule has 2 heteroatoms. The second-order valence-electron chi connectivity index (χ2n) is 10.9. The summed E-state index contributed by atoms with van der Waals surface area (Å²) < 4.78 is 12.8. The van der Waals surface area contributed by atoms with E-state index < -0.39 is 0 Å². The summed E-state index contributed by atoms with van der Waals surface area (Å²) in [7, 11) is 0. The molecule has 0 spiro atoms. The van der Waals surface area contributed by atoms with Crippen LogP contribution in [0.15, 0.2) is 86.2 Å². The van der Waals surface area contributed by atoms with Crippen molar-refractivity contribution in [3.63, 3.8) is 0 Å². The third-order valence-electron chi connectivity index (χ3n) is 8.15. The van der Waals surface area contributed by atoms with Crippen molar-refractivity contribution in [1.82, 2.24) is 0 Å². The van der Waals surface area contributed by atoms with Crippen molar-refractivity contribution in [2.45, 2.75) is 40.5 Å². The maximum atomic E-state index is 6.41. The van der Waals surface area contributed by atoms with Crippen LogP contribution in [0.25, 0.3) is 40.4 Å². The van der Waals surface area contributed by atoms with Crippen LogP contribution in [-0.2, 0) is 0 Å². The van der Waals surface area contributed by atoms with E-state index in [9.17, 15) is 0 Å².